The summed E-state index contributed by atoms with van der Waals surface area (Å²) in [4.78, 5) is 31.6. The number of piperazine rings is 1. The number of fused-ring (bicyclic) bond motifs is 1. The van der Waals surface area contributed by atoms with Crippen molar-refractivity contribution in [2.45, 2.75) is 58.5 Å². The van der Waals surface area contributed by atoms with Gasteiger partial charge < -0.3 is 20.1 Å². The van der Waals surface area contributed by atoms with Crippen molar-refractivity contribution in [1.82, 2.24) is 9.80 Å². The van der Waals surface area contributed by atoms with Crippen LogP contribution in [0.5, 0.6) is 0 Å². The van der Waals surface area contributed by atoms with E-state index in [2.05, 4.69) is 21.9 Å². The van der Waals surface area contributed by atoms with E-state index in [9.17, 15) is 9.59 Å². The summed E-state index contributed by atoms with van der Waals surface area (Å²) >= 11 is 6.53. The van der Waals surface area contributed by atoms with Gasteiger partial charge in [-0.05, 0) is 68.0 Å². The fraction of sp³-hybridized carbons (Fsp3) is 0.548. The number of halogens is 1. The number of ether oxygens (including phenoxy) is 2. The third kappa shape index (κ3) is 7.89. The van der Waals surface area contributed by atoms with Crippen LogP contribution < -0.4 is 10.6 Å². The number of allylic oxidation sites excluding steroid dienone is 3. The molecule has 1 fully saturated rings. The molecule has 4 rings (SSSR count). The van der Waals surface area contributed by atoms with Gasteiger partial charge in [0, 0.05) is 32.6 Å². The molecule has 2 aliphatic heterocycles. The van der Waals surface area contributed by atoms with Crippen LogP contribution in [0.3, 0.4) is 0 Å². The van der Waals surface area contributed by atoms with Crippen molar-refractivity contribution in [2.24, 2.45) is 11.7 Å². The minimum Gasteiger partial charge on any atom is -0.494 e. The van der Waals surface area contributed by atoms with Gasteiger partial charge in [0.1, 0.15) is 11.8 Å². The number of hydrogen-bond donors (Lipinski definition) is 1. The van der Waals surface area contributed by atoms with Crippen molar-refractivity contribution in [2.75, 3.05) is 51.0 Å². The van der Waals surface area contributed by atoms with Crippen molar-refractivity contribution < 1.29 is 19.1 Å². The maximum atomic E-state index is 12.8. The lowest BCUT2D eigenvalue weighted by molar-refractivity contribution is -0.155. The first kappa shape index (κ1) is 30.2. The molecule has 2 atom stereocenters. The maximum Gasteiger partial charge on any atom is 0.324 e. The van der Waals surface area contributed by atoms with Crippen LogP contribution in [0.2, 0.25) is 5.02 Å². The van der Waals surface area contributed by atoms with Gasteiger partial charge in [-0.25, -0.2) is 0 Å². The molecule has 3 aliphatic rings. The van der Waals surface area contributed by atoms with E-state index in [1.54, 1.807) is 4.90 Å². The van der Waals surface area contributed by atoms with Crippen molar-refractivity contribution >= 4 is 29.2 Å². The van der Waals surface area contributed by atoms with Crippen LogP contribution in [0, 0.1) is 12.8 Å². The number of anilines is 1. The molecule has 40 heavy (non-hydrogen) atoms. The fourth-order valence-electron chi connectivity index (χ4n) is 5.12. The zero-order chi connectivity index (χ0) is 28.6. The largest absolute Gasteiger partial charge is 0.494 e. The molecule has 1 aromatic carbocycles. The Bertz CT molecular complexity index is 1140. The number of carbonyl (C=O) groups excluding carboxylic acids is 2. The van der Waals surface area contributed by atoms with E-state index in [1.807, 2.05) is 51.1 Å². The van der Waals surface area contributed by atoms with Crippen molar-refractivity contribution in [1.29, 1.82) is 0 Å². The highest BCUT2D eigenvalue weighted by Crippen LogP contribution is 2.29. The van der Waals surface area contributed by atoms with Gasteiger partial charge in [0.2, 0.25) is 5.91 Å². The Morgan fingerprint density at radius 3 is 2.62 bits per heavy atom. The van der Waals surface area contributed by atoms with Crippen LogP contribution in [-0.4, -0.2) is 79.8 Å². The van der Waals surface area contributed by atoms with E-state index >= 15 is 0 Å². The van der Waals surface area contributed by atoms with Gasteiger partial charge in [-0.15, -0.1) is 0 Å². The van der Waals surface area contributed by atoms with E-state index in [4.69, 9.17) is 26.8 Å². The summed E-state index contributed by atoms with van der Waals surface area (Å²) in [5, 5.41) is 0.856. The van der Waals surface area contributed by atoms with Gasteiger partial charge in [-0.1, -0.05) is 49.7 Å². The quantitative estimate of drug-likeness (QED) is 0.311. The highest BCUT2D eigenvalue weighted by Gasteiger charge is 2.28. The minimum absolute atomic E-state index is 0.0388. The van der Waals surface area contributed by atoms with Crippen LogP contribution in [-0.2, 0) is 19.1 Å². The predicted molar refractivity (Wildman–Crippen MR) is 159 cm³/mol. The highest BCUT2D eigenvalue weighted by atomic mass is 35.5. The molecule has 0 saturated carbocycles. The van der Waals surface area contributed by atoms with E-state index in [1.165, 1.54) is 0 Å². The SMILES string of the molecule is Cc1cccc(N2CCN(CCCCOC3=CC4C=C(C=C3)CCC(=O)N4COC(=O)C(N)C(C)C)CC2)c1Cl. The van der Waals surface area contributed by atoms with Gasteiger partial charge in [0.05, 0.1) is 23.4 Å². The average Bonchev–Trinajstić information content (AvgIpc) is 3.23. The van der Waals surface area contributed by atoms with E-state index in [-0.39, 0.29) is 24.6 Å². The number of aryl methyl sites for hydroxylation is 1. The van der Waals surface area contributed by atoms with Crippen LogP contribution in [0.4, 0.5) is 5.69 Å². The second-order valence-corrected chi connectivity index (χ2v) is 11.5. The molecule has 1 saturated heterocycles. The molecule has 2 heterocycles. The maximum absolute atomic E-state index is 12.8. The Labute approximate surface area is 243 Å². The Morgan fingerprint density at radius 2 is 1.88 bits per heavy atom. The van der Waals surface area contributed by atoms with Crippen LogP contribution >= 0.6 is 11.6 Å². The minimum atomic E-state index is -0.714. The lowest BCUT2D eigenvalue weighted by Gasteiger charge is -2.36. The molecule has 0 spiro atoms. The molecule has 9 heteroatoms. The normalized spacial score (nSPS) is 20.6. The van der Waals surface area contributed by atoms with Gasteiger partial charge in [-0.2, -0.15) is 0 Å². The Hall–Kier alpha value is -2.81. The number of amides is 1. The third-order valence-electron chi connectivity index (χ3n) is 7.85. The Balaban J connectivity index is 1.22. The van der Waals surface area contributed by atoms with Gasteiger partial charge in [0.15, 0.2) is 6.73 Å². The molecule has 8 nitrogen and oxygen atoms in total. The third-order valence-corrected chi connectivity index (χ3v) is 8.34. The number of rotatable bonds is 11. The summed E-state index contributed by atoms with van der Waals surface area (Å²) in [6.45, 7) is 11.3. The van der Waals surface area contributed by atoms with Crippen LogP contribution in [0.25, 0.3) is 0 Å². The second kappa shape index (κ2) is 14.2. The fourth-order valence-corrected chi connectivity index (χ4v) is 5.36. The number of benzene rings is 1. The molecular formula is C31H43ClN4O4. The van der Waals surface area contributed by atoms with Gasteiger partial charge in [0.25, 0.3) is 0 Å². The van der Waals surface area contributed by atoms with Gasteiger partial charge >= 0.3 is 5.97 Å². The molecular weight excluding hydrogens is 528 g/mol. The summed E-state index contributed by atoms with van der Waals surface area (Å²) < 4.78 is 11.5. The van der Waals surface area contributed by atoms with Crippen molar-refractivity contribution in [3.05, 3.63) is 64.4 Å². The van der Waals surface area contributed by atoms with E-state index in [0.29, 0.717) is 19.4 Å². The van der Waals surface area contributed by atoms with Crippen molar-refractivity contribution in [3.8, 4) is 0 Å². The Kier molecular flexibility index (Phi) is 10.7. The molecule has 2 N–H and O–H groups in total. The highest BCUT2D eigenvalue weighted by molar-refractivity contribution is 6.34. The lowest BCUT2D eigenvalue weighted by Crippen LogP contribution is -2.46. The standard InChI is InChI=1S/C31H43ClN4O4/c1-22(2)30(33)31(38)40-21-36-25-19-24(10-12-28(36)37)9-11-26(20-25)39-18-5-4-13-34-14-16-35(17-15-34)27-8-6-7-23(3)29(27)32/h6-9,11,19-20,22,25,30H,4-5,10,12-18,21,33H2,1-3H3. The zero-order valence-corrected chi connectivity index (χ0v) is 24.7. The van der Waals surface area contributed by atoms with E-state index in [0.717, 1.165) is 73.2 Å². The topological polar surface area (TPSA) is 88.3 Å². The number of nitrogens with two attached hydrogens (primary N) is 1. The molecule has 1 aliphatic carbocycles. The number of nitrogens with zero attached hydrogens (tertiary/aromatic N) is 3. The van der Waals surface area contributed by atoms with Crippen LogP contribution in [0.1, 0.15) is 45.1 Å². The first-order chi connectivity index (χ1) is 19.2. The zero-order valence-electron chi connectivity index (χ0n) is 24.0. The molecule has 1 aromatic rings. The van der Waals surface area contributed by atoms with Gasteiger partial charge in [-0.3, -0.25) is 19.4 Å². The molecule has 2 unspecified atom stereocenters. The molecule has 0 aromatic heterocycles. The van der Waals surface area contributed by atoms with Crippen LogP contribution in [0.15, 0.2) is 53.8 Å². The Morgan fingerprint density at radius 1 is 1.10 bits per heavy atom. The summed E-state index contributed by atoms with van der Waals surface area (Å²) in [5.74, 6) is 0.134. The molecule has 218 valence electrons. The number of unbranched alkanes of at least 4 members (excludes halogenated alkanes) is 1. The number of esters is 1. The molecule has 0 radical (unpaired) electrons. The lowest BCUT2D eigenvalue weighted by atomic mass is 10.1. The predicted octanol–water partition coefficient (Wildman–Crippen LogP) is 4.42. The first-order valence-electron chi connectivity index (χ1n) is 14.4. The second-order valence-electron chi connectivity index (χ2n) is 11.2. The monoisotopic (exact) mass is 570 g/mol. The summed E-state index contributed by atoms with van der Waals surface area (Å²) in [5.41, 5.74) is 9.24. The summed E-state index contributed by atoms with van der Waals surface area (Å²) in [6, 6.07) is 5.17. The number of hydrogen-bond acceptors (Lipinski definition) is 7. The average molecular weight is 571 g/mol. The molecule has 1 amide bonds. The summed E-state index contributed by atoms with van der Waals surface area (Å²) in [6.07, 6.45) is 11.0. The number of carbonyl (C=O) groups is 2. The summed E-state index contributed by atoms with van der Waals surface area (Å²) in [7, 11) is 0. The first-order valence-corrected chi connectivity index (χ1v) is 14.8. The van der Waals surface area contributed by atoms with E-state index < -0.39 is 12.0 Å². The molecule has 2 bridgehead atoms. The smallest absolute Gasteiger partial charge is 0.324 e. The van der Waals surface area contributed by atoms with Crippen molar-refractivity contribution in [3.63, 3.8) is 0 Å².